The second-order valence-electron chi connectivity index (χ2n) is 9.22. The minimum atomic E-state index is -1.09. The number of anilines is 2. The number of nitro benzene ring substituents is 1. The van der Waals surface area contributed by atoms with E-state index in [1.165, 1.54) is 24.3 Å². The summed E-state index contributed by atoms with van der Waals surface area (Å²) in [5, 5.41) is 23.9. The quantitative estimate of drug-likeness (QED) is 0.287. The predicted molar refractivity (Wildman–Crippen MR) is 137 cm³/mol. The van der Waals surface area contributed by atoms with E-state index in [0.29, 0.717) is 5.56 Å². The Hall–Kier alpha value is -4.53. The van der Waals surface area contributed by atoms with Gasteiger partial charge in [-0.2, -0.15) is 0 Å². The standard InChI is InChI=1S/C27H24N4O5/c1-28(2)20-13-10-18(11-14-20)24-25(31(35)36)23-15-12-17-6-3-4-9-22(17)29(23)26(24)27(32)19-7-5-8-21(16-19)30(33)34/h3-16,23-26H,1-2H3. The fourth-order valence-corrected chi connectivity index (χ4v) is 5.37. The summed E-state index contributed by atoms with van der Waals surface area (Å²) >= 11 is 0. The third-order valence-electron chi connectivity index (χ3n) is 7.01. The van der Waals surface area contributed by atoms with E-state index >= 15 is 0 Å². The minimum absolute atomic E-state index is 0.152. The zero-order valence-electron chi connectivity index (χ0n) is 19.7. The van der Waals surface area contributed by atoms with Crippen LogP contribution >= 0.6 is 0 Å². The van der Waals surface area contributed by atoms with Crippen LogP contribution < -0.4 is 9.80 Å². The molecular formula is C27H24N4O5. The Bertz CT molecular complexity index is 1380. The Balaban J connectivity index is 1.70. The number of para-hydroxylation sites is 1. The van der Waals surface area contributed by atoms with Gasteiger partial charge in [0.1, 0.15) is 12.1 Å². The van der Waals surface area contributed by atoms with Crippen molar-refractivity contribution in [1.82, 2.24) is 0 Å². The molecular weight excluding hydrogens is 460 g/mol. The van der Waals surface area contributed by atoms with E-state index in [1.807, 2.05) is 78.5 Å². The number of carbonyl (C=O) groups is 1. The summed E-state index contributed by atoms with van der Waals surface area (Å²) in [6.07, 6.45) is 3.65. The summed E-state index contributed by atoms with van der Waals surface area (Å²) in [7, 11) is 3.81. The molecule has 0 aromatic heterocycles. The van der Waals surface area contributed by atoms with Crippen molar-refractivity contribution in [3.8, 4) is 0 Å². The Labute approximate surface area is 207 Å². The molecule has 0 bridgehead atoms. The van der Waals surface area contributed by atoms with Crippen molar-refractivity contribution in [3.63, 3.8) is 0 Å². The number of rotatable bonds is 6. The van der Waals surface area contributed by atoms with E-state index in [0.717, 1.165) is 16.9 Å². The lowest BCUT2D eigenvalue weighted by Crippen LogP contribution is -2.44. The summed E-state index contributed by atoms with van der Waals surface area (Å²) in [5.74, 6) is -1.16. The van der Waals surface area contributed by atoms with Crippen LogP contribution in [-0.4, -0.2) is 47.9 Å². The largest absolute Gasteiger partial charge is 0.378 e. The summed E-state index contributed by atoms with van der Waals surface area (Å²) in [6, 6.07) is 17.8. The fourth-order valence-electron chi connectivity index (χ4n) is 5.37. The molecule has 2 aliphatic rings. The molecule has 1 fully saturated rings. The molecule has 4 atom stereocenters. The van der Waals surface area contributed by atoms with Gasteiger partial charge in [-0.3, -0.25) is 25.0 Å². The summed E-state index contributed by atoms with van der Waals surface area (Å²) in [4.78, 5) is 40.9. The normalized spacial score (nSPS) is 22.0. The lowest BCUT2D eigenvalue weighted by Gasteiger charge is -2.34. The number of Topliss-reactive ketones (excluding diaryl/α,β-unsaturated/α-hetero) is 1. The Morgan fingerprint density at radius 3 is 2.33 bits per heavy atom. The zero-order valence-corrected chi connectivity index (χ0v) is 19.7. The molecule has 2 aliphatic heterocycles. The number of fused-ring (bicyclic) bond motifs is 3. The van der Waals surface area contributed by atoms with Crippen molar-refractivity contribution in [2.24, 2.45) is 0 Å². The molecule has 3 aromatic carbocycles. The van der Waals surface area contributed by atoms with Crippen LogP contribution in [0.25, 0.3) is 6.08 Å². The highest BCUT2D eigenvalue weighted by Crippen LogP contribution is 2.47. The first-order valence-corrected chi connectivity index (χ1v) is 11.5. The second-order valence-corrected chi connectivity index (χ2v) is 9.22. The maximum atomic E-state index is 14.1. The predicted octanol–water partition coefficient (Wildman–Crippen LogP) is 4.56. The maximum Gasteiger partial charge on any atom is 0.270 e. The zero-order chi connectivity index (χ0) is 25.6. The van der Waals surface area contributed by atoms with Crippen LogP contribution in [0.1, 0.15) is 27.4 Å². The first-order valence-electron chi connectivity index (χ1n) is 11.5. The molecule has 1 saturated heterocycles. The van der Waals surface area contributed by atoms with E-state index in [-0.39, 0.29) is 22.0 Å². The summed E-state index contributed by atoms with van der Waals surface area (Å²) in [6.45, 7) is 0. The van der Waals surface area contributed by atoms with Gasteiger partial charge in [0, 0.05) is 48.1 Å². The van der Waals surface area contributed by atoms with Crippen molar-refractivity contribution in [2.45, 2.75) is 24.0 Å². The molecule has 9 nitrogen and oxygen atoms in total. The number of carbonyl (C=O) groups excluding carboxylic acids is 1. The number of nitrogens with zero attached hydrogens (tertiary/aromatic N) is 4. The van der Waals surface area contributed by atoms with Gasteiger partial charge in [0.15, 0.2) is 5.78 Å². The van der Waals surface area contributed by atoms with Gasteiger partial charge in [-0.25, -0.2) is 0 Å². The van der Waals surface area contributed by atoms with Gasteiger partial charge in [0.2, 0.25) is 6.04 Å². The topological polar surface area (TPSA) is 110 Å². The van der Waals surface area contributed by atoms with Crippen molar-refractivity contribution >= 4 is 28.9 Å². The van der Waals surface area contributed by atoms with Crippen LogP contribution in [0, 0.1) is 20.2 Å². The van der Waals surface area contributed by atoms with Crippen molar-refractivity contribution < 1.29 is 14.6 Å². The highest BCUT2D eigenvalue weighted by atomic mass is 16.6. The third kappa shape index (κ3) is 3.78. The lowest BCUT2D eigenvalue weighted by atomic mass is 9.83. The molecule has 182 valence electrons. The van der Waals surface area contributed by atoms with Gasteiger partial charge < -0.3 is 9.80 Å². The summed E-state index contributed by atoms with van der Waals surface area (Å²) in [5.41, 5.74) is 3.14. The van der Waals surface area contributed by atoms with E-state index in [2.05, 4.69) is 0 Å². The first kappa shape index (κ1) is 23.2. The van der Waals surface area contributed by atoms with Gasteiger partial charge in [0.05, 0.1) is 10.8 Å². The second kappa shape index (κ2) is 8.92. The smallest absolute Gasteiger partial charge is 0.270 e. The molecule has 36 heavy (non-hydrogen) atoms. The van der Waals surface area contributed by atoms with E-state index in [4.69, 9.17) is 0 Å². The number of non-ortho nitro benzene ring substituents is 1. The van der Waals surface area contributed by atoms with E-state index in [9.17, 15) is 25.0 Å². The Morgan fingerprint density at radius 1 is 0.944 bits per heavy atom. The van der Waals surface area contributed by atoms with Crippen molar-refractivity contribution in [1.29, 1.82) is 0 Å². The molecule has 9 heteroatoms. The van der Waals surface area contributed by atoms with Crippen LogP contribution in [0.5, 0.6) is 0 Å². The summed E-state index contributed by atoms with van der Waals surface area (Å²) < 4.78 is 0. The van der Waals surface area contributed by atoms with E-state index in [1.54, 1.807) is 6.08 Å². The molecule has 0 N–H and O–H groups in total. The number of hydrogen-bond donors (Lipinski definition) is 0. The Kier molecular flexibility index (Phi) is 5.75. The molecule has 4 unspecified atom stereocenters. The molecule has 3 aromatic rings. The van der Waals surface area contributed by atoms with Gasteiger partial charge in [-0.15, -0.1) is 0 Å². The number of nitro groups is 2. The fraction of sp³-hybridized carbons (Fsp3) is 0.222. The minimum Gasteiger partial charge on any atom is -0.378 e. The monoisotopic (exact) mass is 484 g/mol. The van der Waals surface area contributed by atoms with Crippen LogP contribution in [0.3, 0.4) is 0 Å². The Morgan fingerprint density at radius 2 is 1.67 bits per heavy atom. The molecule has 0 aliphatic carbocycles. The number of benzene rings is 3. The average molecular weight is 485 g/mol. The molecule has 0 spiro atoms. The highest BCUT2D eigenvalue weighted by Gasteiger charge is 2.59. The maximum absolute atomic E-state index is 14.1. The molecule has 0 amide bonds. The third-order valence-corrected chi connectivity index (χ3v) is 7.01. The van der Waals surface area contributed by atoms with Gasteiger partial charge in [0.25, 0.3) is 5.69 Å². The highest BCUT2D eigenvalue weighted by molar-refractivity contribution is 6.04. The van der Waals surface area contributed by atoms with Crippen LogP contribution in [0.4, 0.5) is 17.1 Å². The SMILES string of the molecule is CN(C)c1ccc(C2C(C(=O)c3cccc([N+](=O)[O-])c3)N3c4ccccc4C=CC3C2[N+](=O)[O-])cc1. The average Bonchev–Trinajstić information content (AvgIpc) is 3.24. The molecule has 0 radical (unpaired) electrons. The number of ketones is 1. The van der Waals surface area contributed by atoms with Crippen LogP contribution in [0.15, 0.2) is 78.9 Å². The number of hydrogen-bond acceptors (Lipinski definition) is 7. The first-order chi connectivity index (χ1) is 17.3. The van der Waals surface area contributed by atoms with Crippen molar-refractivity contribution in [2.75, 3.05) is 23.9 Å². The van der Waals surface area contributed by atoms with Gasteiger partial charge in [-0.05, 0) is 29.3 Å². The van der Waals surface area contributed by atoms with Gasteiger partial charge >= 0.3 is 0 Å². The van der Waals surface area contributed by atoms with Crippen LogP contribution in [-0.2, 0) is 0 Å². The molecule has 0 saturated carbocycles. The molecule has 2 heterocycles. The van der Waals surface area contributed by atoms with Crippen LogP contribution in [0.2, 0.25) is 0 Å². The van der Waals surface area contributed by atoms with E-state index < -0.39 is 29.0 Å². The lowest BCUT2D eigenvalue weighted by molar-refractivity contribution is -0.524. The molecule has 5 rings (SSSR count). The van der Waals surface area contributed by atoms with Crippen molar-refractivity contribution in [3.05, 3.63) is 116 Å². The van der Waals surface area contributed by atoms with Gasteiger partial charge in [-0.1, -0.05) is 54.6 Å².